The number of nitrogens with zero attached hydrogens (tertiary/aromatic N) is 3. The maximum absolute atomic E-state index is 13.6. The second-order valence-corrected chi connectivity index (χ2v) is 9.24. The SMILES string of the molecule is O=S(=O)(c1ccc(F)c(C(F)(F)F)c1)N1CCCC(c2nc(-c3ccc(F)cc3)no2)C1. The molecule has 0 radical (unpaired) electrons. The van der Waals surface area contributed by atoms with Crippen molar-refractivity contribution in [2.24, 2.45) is 0 Å². The van der Waals surface area contributed by atoms with Crippen LogP contribution in [0.25, 0.3) is 11.4 Å². The molecule has 1 atom stereocenters. The van der Waals surface area contributed by atoms with Gasteiger partial charge in [0.1, 0.15) is 11.6 Å². The zero-order valence-electron chi connectivity index (χ0n) is 16.3. The molecule has 0 bridgehead atoms. The minimum absolute atomic E-state index is 0.0799. The summed E-state index contributed by atoms with van der Waals surface area (Å²) in [5.41, 5.74) is -1.14. The van der Waals surface area contributed by atoms with Gasteiger partial charge in [0.15, 0.2) is 0 Å². The molecule has 2 heterocycles. The summed E-state index contributed by atoms with van der Waals surface area (Å²) in [5.74, 6) is -2.09. The van der Waals surface area contributed by atoms with Crippen molar-refractivity contribution in [1.29, 1.82) is 0 Å². The highest BCUT2D eigenvalue weighted by molar-refractivity contribution is 7.89. The molecule has 0 aliphatic carbocycles. The Morgan fingerprint density at radius 2 is 1.78 bits per heavy atom. The van der Waals surface area contributed by atoms with Crippen LogP contribution < -0.4 is 0 Å². The van der Waals surface area contributed by atoms with Crippen LogP contribution in [-0.2, 0) is 16.2 Å². The van der Waals surface area contributed by atoms with E-state index in [1.807, 2.05) is 0 Å². The number of aromatic nitrogens is 2. The van der Waals surface area contributed by atoms with Crippen LogP contribution in [0.15, 0.2) is 51.9 Å². The topological polar surface area (TPSA) is 76.3 Å². The predicted octanol–water partition coefficient (Wildman–Crippen LogP) is 4.60. The van der Waals surface area contributed by atoms with E-state index in [1.165, 1.54) is 24.3 Å². The molecule has 32 heavy (non-hydrogen) atoms. The molecule has 12 heteroatoms. The summed E-state index contributed by atoms with van der Waals surface area (Å²) in [6.45, 7) is -0.0113. The van der Waals surface area contributed by atoms with E-state index in [0.29, 0.717) is 30.5 Å². The van der Waals surface area contributed by atoms with Crippen molar-refractivity contribution in [2.75, 3.05) is 13.1 Å². The molecule has 1 aromatic heterocycles. The summed E-state index contributed by atoms with van der Waals surface area (Å²) < 4.78 is 97.9. The molecule has 170 valence electrons. The first-order valence-electron chi connectivity index (χ1n) is 9.52. The Hall–Kier alpha value is -2.86. The molecular formula is C20H16F5N3O3S. The van der Waals surface area contributed by atoms with Crippen LogP contribution in [0.4, 0.5) is 22.0 Å². The third-order valence-corrected chi connectivity index (χ3v) is 7.02. The second-order valence-electron chi connectivity index (χ2n) is 7.30. The number of sulfonamides is 1. The Kier molecular flexibility index (Phi) is 5.76. The van der Waals surface area contributed by atoms with E-state index >= 15 is 0 Å². The predicted molar refractivity (Wildman–Crippen MR) is 102 cm³/mol. The van der Waals surface area contributed by atoms with Crippen LogP contribution >= 0.6 is 0 Å². The molecule has 1 saturated heterocycles. The Morgan fingerprint density at radius 1 is 1.06 bits per heavy atom. The lowest BCUT2D eigenvalue weighted by Crippen LogP contribution is -2.39. The zero-order valence-corrected chi connectivity index (χ0v) is 17.1. The van der Waals surface area contributed by atoms with Gasteiger partial charge in [-0.05, 0) is 55.3 Å². The maximum Gasteiger partial charge on any atom is 0.419 e. The normalized spacial score (nSPS) is 18.1. The van der Waals surface area contributed by atoms with Crippen LogP contribution in [0.1, 0.15) is 30.2 Å². The number of rotatable bonds is 4. The molecule has 0 saturated carbocycles. The molecular weight excluding hydrogens is 457 g/mol. The quantitative estimate of drug-likeness (QED) is 0.518. The Morgan fingerprint density at radius 3 is 2.47 bits per heavy atom. The molecule has 1 aliphatic rings. The first kappa shape index (κ1) is 22.3. The van der Waals surface area contributed by atoms with Gasteiger partial charge in [-0.15, -0.1) is 0 Å². The highest BCUT2D eigenvalue weighted by Gasteiger charge is 2.38. The van der Waals surface area contributed by atoms with Gasteiger partial charge in [0.2, 0.25) is 21.7 Å². The number of halogens is 5. The van der Waals surface area contributed by atoms with E-state index in [4.69, 9.17) is 4.52 Å². The number of benzene rings is 2. The number of hydrogen-bond acceptors (Lipinski definition) is 5. The molecule has 6 nitrogen and oxygen atoms in total. The molecule has 1 unspecified atom stereocenters. The average molecular weight is 473 g/mol. The van der Waals surface area contributed by atoms with Gasteiger partial charge in [-0.25, -0.2) is 17.2 Å². The van der Waals surface area contributed by atoms with Gasteiger partial charge in [0.25, 0.3) is 0 Å². The fraction of sp³-hybridized carbons (Fsp3) is 0.300. The minimum Gasteiger partial charge on any atom is -0.339 e. The van der Waals surface area contributed by atoms with Crippen LogP contribution in [0, 0.1) is 11.6 Å². The van der Waals surface area contributed by atoms with E-state index < -0.39 is 44.2 Å². The summed E-state index contributed by atoms with van der Waals surface area (Å²) in [4.78, 5) is 3.61. The largest absolute Gasteiger partial charge is 0.419 e. The zero-order chi connectivity index (χ0) is 23.1. The van der Waals surface area contributed by atoms with E-state index in [2.05, 4.69) is 10.1 Å². The summed E-state index contributed by atoms with van der Waals surface area (Å²) in [5, 5.41) is 3.84. The molecule has 3 aromatic rings. The monoisotopic (exact) mass is 473 g/mol. The summed E-state index contributed by atoms with van der Waals surface area (Å²) in [6.07, 6.45) is -4.10. The second kappa shape index (κ2) is 8.24. The molecule has 1 aliphatic heterocycles. The molecule has 0 spiro atoms. The first-order valence-corrected chi connectivity index (χ1v) is 11.0. The number of piperidine rings is 1. The smallest absolute Gasteiger partial charge is 0.339 e. The molecule has 0 N–H and O–H groups in total. The average Bonchev–Trinajstić information content (AvgIpc) is 3.24. The van der Waals surface area contributed by atoms with Crippen LogP contribution in [0.3, 0.4) is 0 Å². The van der Waals surface area contributed by atoms with Gasteiger partial charge in [-0.2, -0.15) is 22.5 Å². The molecule has 0 amide bonds. The van der Waals surface area contributed by atoms with E-state index in [-0.39, 0.29) is 24.8 Å². The van der Waals surface area contributed by atoms with Gasteiger partial charge < -0.3 is 4.52 Å². The van der Waals surface area contributed by atoms with Crippen LogP contribution in [-0.4, -0.2) is 36.0 Å². The Balaban J connectivity index is 1.57. The standard InChI is InChI=1S/C20H16F5N3O3S/c21-14-5-3-12(4-6-14)18-26-19(31-27-18)13-2-1-9-28(11-13)32(29,30)15-7-8-17(22)16(10-15)20(23,24)25/h3-8,10,13H,1-2,9,11H2. The van der Waals surface area contributed by atoms with E-state index in [0.717, 1.165) is 10.4 Å². The maximum atomic E-state index is 13.6. The van der Waals surface area contributed by atoms with E-state index in [9.17, 15) is 30.4 Å². The third-order valence-electron chi connectivity index (χ3n) is 5.16. The van der Waals surface area contributed by atoms with Gasteiger partial charge >= 0.3 is 6.18 Å². The molecule has 4 rings (SSSR count). The summed E-state index contributed by atoms with van der Waals surface area (Å²) in [6, 6.07) is 7.00. The van der Waals surface area contributed by atoms with Crippen molar-refractivity contribution in [1.82, 2.24) is 14.4 Å². The van der Waals surface area contributed by atoms with Gasteiger partial charge in [-0.1, -0.05) is 5.16 Å². The van der Waals surface area contributed by atoms with Crippen molar-refractivity contribution < 1.29 is 34.9 Å². The molecule has 1 fully saturated rings. The summed E-state index contributed by atoms with van der Waals surface area (Å²) >= 11 is 0. The highest BCUT2D eigenvalue weighted by Crippen LogP contribution is 2.35. The van der Waals surface area contributed by atoms with Crippen LogP contribution in [0.5, 0.6) is 0 Å². The minimum atomic E-state index is -5.03. The van der Waals surface area contributed by atoms with E-state index in [1.54, 1.807) is 0 Å². The van der Waals surface area contributed by atoms with Gasteiger partial charge in [0, 0.05) is 18.7 Å². The lowest BCUT2D eigenvalue weighted by molar-refractivity contribution is -0.140. The van der Waals surface area contributed by atoms with Crippen molar-refractivity contribution in [3.63, 3.8) is 0 Å². The van der Waals surface area contributed by atoms with Gasteiger partial charge in [-0.3, -0.25) is 0 Å². The first-order chi connectivity index (χ1) is 15.1. The van der Waals surface area contributed by atoms with Crippen molar-refractivity contribution in [3.8, 4) is 11.4 Å². The number of hydrogen-bond donors (Lipinski definition) is 0. The number of alkyl halides is 3. The lowest BCUT2D eigenvalue weighted by Gasteiger charge is -2.30. The van der Waals surface area contributed by atoms with Crippen molar-refractivity contribution in [2.45, 2.75) is 29.8 Å². The Labute approximate surface area is 179 Å². The van der Waals surface area contributed by atoms with Gasteiger partial charge in [0.05, 0.1) is 16.4 Å². The third kappa shape index (κ3) is 4.37. The van der Waals surface area contributed by atoms with Crippen molar-refractivity contribution in [3.05, 3.63) is 65.6 Å². The lowest BCUT2D eigenvalue weighted by atomic mass is 10.00. The fourth-order valence-corrected chi connectivity index (χ4v) is 5.06. The van der Waals surface area contributed by atoms with Crippen molar-refractivity contribution >= 4 is 10.0 Å². The Bertz CT molecular complexity index is 1230. The summed E-state index contributed by atoms with van der Waals surface area (Å²) in [7, 11) is -4.32. The molecule has 2 aromatic carbocycles. The highest BCUT2D eigenvalue weighted by atomic mass is 32.2. The van der Waals surface area contributed by atoms with Crippen LogP contribution in [0.2, 0.25) is 0 Å². The fourth-order valence-electron chi connectivity index (χ4n) is 3.51.